The van der Waals surface area contributed by atoms with E-state index in [1.165, 1.54) is 0 Å². The van der Waals surface area contributed by atoms with Crippen LogP contribution in [0.5, 0.6) is 0 Å². The molecule has 11 heavy (non-hydrogen) atoms. The molecule has 0 spiro atoms. The molecule has 0 N–H and O–H groups in total. The Morgan fingerprint density at radius 1 is 1.64 bits per heavy atom. The number of nitrogens with zero attached hydrogens (tertiary/aromatic N) is 1. The summed E-state index contributed by atoms with van der Waals surface area (Å²) in [6, 6.07) is 0.951. The molecule has 0 aromatic heterocycles. The SMILES string of the molecule is C[C@@H]1[C@@H]2C[C@@H](CC2(F)I)N1C. The largest absolute Gasteiger partial charge is 0.300 e. The van der Waals surface area contributed by atoms with Crippen LogP contribution in [0.1, 0.15) is 19.8 Å². The number of piperidine rings is 1. The van der Waals surface area contributed by atoms with Crippen molar-refractivity contribution in [2.45, 2.75) is 35.5 Å². The predicted molar refractivity (Wildman–Crippen MR) is 51.6 cm³/mol. The summed E-state index contributed by atoms with van der Waals surface area (Å²) in [5.74, 6) is 0.276. The van der Waals surface area contributed by atoms with E-state index in [1.54, 1.807) is 0 Å². The van der Waals surface area contributed by atoms with Crippen LogP contribution >= 0.6 is 22.6 Å². The van der Waals surface area contributed by atoms with Crippen LogP contribution in [-0.2, 0) is 0 Å². The zero-order valence-electron chi connectivity index (χ0n) is 6.85. The molecule has 1 nitrogen and oxygen atoms in total. The van der Waals surface area contributed by atoms with Crippen molar-refractivity contribution in [3.05, 3.63) is 0 Å². The minimum atomic E-state index is -0.908. The first kappa shape index (κ1) is 8.23. The molecule has 64 valence electrons. The quantitative estimate of drug-likeness (QED) is 0.481. The Hall–Kier alpha value is 0.620. The minimum absolute atomic E-state index is 0.276. The van der Waals surface area contributed by atoms with Gasteiger partial charge in [0.05, 0.1) is 0 Å². The number of likely N-dealkylation sites (tertiary alicyclic amines) is 1. The number of halogens is 2. The fourth-order valence-electron chi connectivity index (χ4n) is 2.49. The maximum absolute atomic E-state index is 13.7. The molecule has 2 rings (SSSR count). The summed E-state index contributed by atoms with van der Waals surface area (Å²) in [5, 5.41) is 0. The van der Waals surface area contributed by atoms with Gasteiger partial charge < -0.3 is 4.90 Å². The van der Waals surface area contributed by atoms with Gasteiger partial charge in [0.2, 0.25) is 0 Å². The molecule has 2 aliphatic rings. The molecule has 0 radical (unpaired) electrons. The molecule has 1 aliphatic heterocycles. The van der Waals surface area contributed by atoms with Gasteiger partial charge in [0.25, 0.3) is 0 Å². The molecule has 1 heterocycles. The van der Waals surface area contributed by atoms with Gasteiger partial charge in [0.15, 0.2) is 3.68 Å². The highest BCUT2D eigenvalue weighted by Gasteiger charge is 2.56. The van der Waals surface area contributed by atoms with Crippen molar-refractivity contribution in [1.29, 1.82) is 0 Å². The standard InChI is InChI=1S/C8H13FIN/c1-5-7-3-6(11(5)2)4-8(7,9)10/h5-7H,3-4H2,1-2H3/t5-,6+,7+,8?/m1/s1. The average molecular weight is 269 g/mol. The smallest absolute Gasteiger partial charge is 0.167 e. The molecule has 2 bridgehead atoms. The molecule has 2 fully saturated rings. The Morgan fingerprint density at radius 3 is 2.64 bits per heavy atom. The van der Waals surface area contributed by atoms with E-state index in [2.05, 4.69) is 18.9 Å². The van der Waals surface area contributed by atoms with Gasteiger partial charge >= 0.3 is 0 Å². The summed E-state index contributed by atoms with van der Waals surface area (Å²) in [4.78, 5) is 2.32. The molecule has 1 saturated carbocycles. The van der Waals surface area contributed by atoms with E-state index in [0.717, 1.165) is 12.8 Å². The third-order valence-corrected chi connectivity index (χ3v) is 4.62. The fourth-order valence-corrected chi connectivity index (χ4v) is 3.77. The van der Waals surface area contributed by atoms with Gasteiger partial charge in [0.1, 0.15) is 0 Å². The Bertz CT molecular complexity index is 181. The molecule has 1 unspecified atom stereocenters. The van der Waals surface area contributed by atoms with E-state index < -0.39 is 3.68 Å². The maximum Gasteiger partial charge on any atom is 0.167 e. The Kier molecular flexibility index (Phi) is 1.73. The van der Waals surface area contributed by atoms with Crippen LogP contribution in [0, 0.1) is 5.92 Å². The number of alkyl halides is 2. The molecule has 4 atom stereocenters. The first-order valence-electron chi connectivity index (χ1n) is 4.12. The van der Waals surface area contributed by atoms with Crippen LogP contribution in [-0.4, -0.2) is 27.7 Å². The topological polar surface area (TPSA) is 3.24 Å². The average Bonchev–Trinajstić information content (AvgIpc) is 2.31. The number of hydrogen-bond donors (Lipinski definition) is 0. The van der Waals surface area contributed by atoms with Gasteiger partial charge in [-0.05, 0) is 43.0 Å². The Labute approximate surface area is 80.5 Å². The third-order valence-electron chi connectivity index (χ3n) is 3.38. The first-order valence-corrected chi connectivity index (χ1v) is 5.20. The zero-order valence-corrected chi connectivity index (χ0v) is 9.01. The van der Waals surface area contributed by atoms with Crippen LogP contribution in [0.4, 0.5) is 4.39 Å². The van der Waals surface area contributed by atoms with E-state index in [9.17, 15) is 4.39 Å². The second kappa shape index (κ2) is 2.31. The number of fused-ring (bicyclic) bond motifs is 2. The second-order valence-electron chi connectivity index (χ2n) is 3.87. The van der Waals surface area contributed by atoms with Crippen molar-refractivity contribution in [1.82, 2.24) is 4.90 Å². The normalized spacial score (nSPS) is 57.3. The first-order chi connectivity index (χ1) is 5.02. The van der Waals surface area contributed by atoms with Crippen molar-refractivity contribution in [2.75, 3.05) is 7.05 Å². The highest BCUT2D eigenvalue weighted by molar-refractivity contribution is 14.1. The van der Waals surface area contributed by atoms with E-state index in [-0.39, 0.29) is 5.92 Å². The molecular weight excluding hydrogens is 256 g/mol. The van der Waals surface area contributed by atoms with Crippen LogP contribution in [0.2, 0.25) is 0 Å². The highest BCUT2D eigenvalue weighted by Crippen LogP contribution is 2.53. The summed E-state index contributed by atoms with van der Waals surface area (Å²) in [6.07, 6.45) is 1.80. The van der Waals surface area contributed by atoms with Gasteiger partial charge in [-0.1, -0.05) is 0 Å². The van der Waals surface area contributed by atoms with Crippen LogP contribution in [0.3, 0.4) is 0 Å². The monoisotopic (exact) mass is 269 g/mol. The Morgan fingerprint density at radius 2 is 2.27 bits per heavy atom. The lowest BCUT2D eigenvalue weighted by Gasteiger charge is -2.35. The van der Waals surface area contributed by atoms with Crippen molar-refractivity contribution >= 4 is 22.6 Å². The molecular formula is C8H13FIN. The van der Waals surface area contributed by atoms with E-state index >= 15 is 0 Å². The van der Waals surface area contributed by atoms with Gasteiger partial charge in [-0.15, -0.1) is 0 Å². The van der Waals surface area contributed by atoms with E-state index in [0.29, 0.717) is 12.1 Å². The van der Waals surface area contributed by atoms with Crippen molar-refractivity contribution in [3.63, 3.8) is 0 Å². The summed E-state index contributed by atoms with van der Waals surface area (Å²) >= 11 is 1.99. The van der Waals surface area contributed by atoms with Crippen molar-refractivity contribution in [2.24, 2.45) is 5.92 Å². The molecule has 3 heteroatoms. The van der Waals surface area contributed by atoms with Crippen LogP contribution in [0.25, 0.3) is 0 Å². The van der Waals surface area contributed by atoms with Gasteiger partial charge in [-0.25, -0.2) is 4.39 Å². The summed E-state index contributed by atoms with van der Waals surface area (Å²) in [6.45, 7) is 2.14. The Balaban J connectivity index is 2.23. The number of hydrogen-bond acceptors (Lipinski definition) is 1. The molecule has 1 saturated heterocycles. The summed E-state index contributed by atoms with van der Waals surface area (Å²) in [7, 11) is 2.11. The minimum Gasteiger partial charge on any atom is -0.300 e. The van der Waals surface area contributed by atoms with Crippen molar-refractivity contribution < 1.29 is 4.39 Å². The lowest BCUT2D eigenvalue weighted by atomic mass is 9.99. The molecule has 0 amide bonds. The lowest BCUT2D eigenvalue weighted by molar-refractivity contribution is 0.103. The van der Waals surface area contributed by atoms with Crippen molar-refractivity contribution in [3.8, 4) is 0 Å². The fraction of sp³-hybridized carbons (Fsp3) is 1.00. The van der Waals surface area contributed by atoms with Crippen LogP contribution in [0.15, 0.2) is 0 Å². The predicted octanol–water partition coefficient (Wildman–Crippen LogP) is 2.20. The highest BCUT2D eigenvalue weighted by atomic mass is 127. The number of rotatable bonds is 0. The van der Waals surface area contributed by atoms with Crippen LogP contribution < -0.4 is 0 Å². The van der Waals surface area contributed by atoms with E-state index in [1.807, 2.05) is 22.6 Å². The van der Waals surface area contributed by atoms with Gasteiger partial charge in [-0.2, -0.15) is 0 Å². The molecule has 1 aliphatic carbocycles. The van der Waals surface area contributed by atoms with Gasteiger partial charge in [-0.3, -0.25) is 0 Å². The lowest BCUT2D eigenvalue weighted by Crippen LogP contribution is -2.43. The van der Waals surface area contributed by atoms with E-state index in [4.69, 9.17) is 0 Å². The zero-order chi connectivity index (χ0) is 8.22. The molecule has 0 aromatic rings. The molecule has 0 aromatic carbocycles. The summed E-state index contributed by atoms with van der Waals surface area (Å²) < 4.78 is 12.8. The summed E-state index contributed by atoms with van der Waals surface area (Å²) in [5.41, 5.74) is 0. The maximum atomic E-state index is 13.7. The van der Waals surface area contributed by atoms with Gasteiger partial charge in [0, 0.05) is 24.4 Å². The third kappa shape index (κ3) is 1.03. The second-order valence-corrected chi connectivity index (χ2v) is 5.66.